The Hall–Kier alpha value is -1.30. The monoisotopic (exact) mass is 618 g/mol. The molecule has 3 N–H and O–H groups in total. The molecular formula is C34H58N4O6. The second-order valence-electron chi connectivity index (χ2n) is 14.9. The van der Waals surface area contributed by atoms with Crippen molar-refractivity contribution >= 4 is 11.8 Å². The molecule has 6 aliphatic rings. The van der Waals surface area contributed by atoms with Gasteiger partial charge in [-0.3, -0.25) is 14.9 Å². The minimum absolute atomic E-state index is 0.0275. The first-order valence-electron chi connectivity index (χ1n) is 17.9. The fraction of sp³-hybridized carbons (Fsp3) is 0.941. The zero-order chi connectivity index (χ0) is 30.5. The molecule has 0 aromatic rings. The maximum atomic E-state index is 13.2. The zero-order valence-electron chi connectivity index (χ0n) is 27.0. The Bertz CT molecular complexity index is 941. The van der Waals surface area contributed by atoms with Gasteiger partial charge in [0.25, 0.3) is 0 Å². The molecule has 250 valence electrons. The third-order valence-electron chi connectivity index (χ3n) is 12.1. The van der Waals surface area contributed by atoms with Crippen LogP contribution in [0.4, 0.5) is 0 Å². The van der Waals surface area contributed by atoms with Crippen LogP contribution in [-0.4, -0.2) is 117 Å². The summed E-state index contributed by atoms with van der Waals surface area (Å²) in [4.78, 5) is 30.9. The van der Waals surface area contributed by atoms with E-state index in [4.69, 9.17) is 14.2 Å². The first-order chi connectivity index (χ1) is 21.4. The van der Waals surface area contributed by atoms with Gasteiger partial charge in [0.15, 0.2) is 0 Å². The number of aliphatic hydroxyl groups excluding tert-OH is 1. The van der Waals surface area contributed by atoms with Crippen LogP contribution in [0.5, 0.6) is 0 Å². The average molecular weight is 619 g/mol. The standard InChI is InChI=1S/C34H58N4O6/c1-42-30-7-4-23(5-8-30)34(41)38-13-11-24-14-26(2-3-28(24)19-38)33(40)36-16-29(39)20-37-12-10-25-15-31(9-6-27(25)18-37)43-21-32-17-35-22-44-32/h23-32,35,39H,2-22H2,1H3,(H,36,40)/t23?,24?,25?,26?,27?,28?,29-,30?,31?,32?/m0/s1. The predicted octanol–water partition coefficient (Wildman–Crippen LogP) is 2.39. The number of β-amino-alcohol motifs (C(OH)–C–C–N with tert-alkyl or cyclic N) is 1. The molecule has 8 atom stereocenters. The SMILES string of the molecule is COC1CCC(C(=O)N2CCC3CC(C(=O)NC[C@H](O)CN4CCC5CC(OCC6CNCO6)CCC5C4)CCC3C2)CC1. The molecule has 6 rings (SSSR count). The van der Waals surface area contributed by atoms with E-state index in [1.165, 1.54) is 6.42 Å². The van der Waals surface area contributed by atoms with Crippen LogP contribution in [0.25, 0.3) is 0 Å². The highest BCUT2D eigenvalue weighted by atomic mass is 16.5. The lowest BCUT2D eigenvalue weighted by Gasteiger charge is -2.44. The van der Waals surface area contributed by atoms with E-state index in [0.29, 0.717) is 68.2 Å². The summed E-state index contributed by atoms with van der Waals surface area (Å²) in [5.74, 6) is 3.06. The van der Waals surface area contributed by atoms with Gasteiger partial charge in [0.1, 0.15) is 0 Å². The van der Waals surface area contributed by atoms with Crippen LogP contribution in [0.1, 0.15) is 77.0 Å². The van der Waals surface area contributed by atoms with Crippen LogP contribution >= 0.6 is 0 Å². The summed E-state index contributed by atoms with van der Waals surface area (Å²) in [6.45, 7) is 6.91. The smallest absolute Gasteiger partial charge is 0.225 e. The van der Waals surface area contributed by atoms with Crippen LogP contribution < -0.4 is 10.6 Å². The Balaban J connectivity index is 0.858. The van der Waals surface area contributed by atoms with Gasteiger partial charge in [0, 0.05) is 58.2 Å². The molecule has 0 radical (unpaired) electrons. The van der Waals surface area contributed by atoms with Crippen LogP contribution in [-0.2, 0) is 23.8 Å². The van der Waals surface area contributed by atoms with Gasteiger partial charge >= 0.3 is 0 Å². The molecule has 3 aliphatic carbocycles. The number of hydrogen-bond donors (Lipinski definition) is 3. The summed E-state index contributed by atoms with van der Waals surface area (Å²) in [6, 6.07) is 0. The van der Waals surface area contributed by atoms with Crippen LogP contribution in [0.15, 0.2) is 0 Å². The van der Waals surface area contributed by atoms with E-state index in [2.05, 4.69) is 20.4 Å². The number of carbonyl (C=O) groups is 2. The summed E-state index contributed by atoms with van der Waals surface area (Å²) >= 11 is 0. The van der Waals surface area contributed by atoms with Crippen molar-refractivity contribution in [2.24, 2.45) is 35.5 Å². The Morgan fingerprint density at radius 1 is 0.886 bits per heavy atom. The normalized spacial score (nSPS) is 38.9. The van der Waals surface area contributed by atoms with Gasteiger partial charge in [-0.05, 0) is 107 Å². The van der Waals surface area contributed by atoms with Crippen molar-refractivity contribution in [2.45, 2.75) is 101 Å². The van der Waals surface area contributed by atoms with Crippen molar-refractivity contribution in [1.29, 1.82) is 0 Å². The highest BCUT2D eigenvalue weighted by Crippen LogP contribution is 2.40. The molecule has 10 heteroatoms. The molecular weight excluding hydrogens is 560 g/mol. The molecule has 3 saturated carbocycles. The number of likely N-dealkylation sites (tertiary alicyclic amines) is 2. The molecule has 3 heterocycles. The number of amides is 2. The number of hydrogen-bond acceptors (Lipinski definition) is 8. The van der Waals surface area contributed by atoms with E-state index in [1.807, 2.05) is 0 Å². The molecule has 6 fully saturated rings. The highest BCUT2D eigenvalue weighted by Gasteiger charge is 2.40. The third-order valence-corrected chi connectivity index (χ3v) is 12.1. The van der Waals surface area contributed by atoms with E-state index in [9.17, 15) is 14.7 Å². The largest absolute Gasteiger partial charge is 0.390 e. The Labute approximate surface area is 264 Å². The molecule has 10 nitrogen and oxygen atoms in total. The Morgan fingerprint density at radius 3 is 2.41 bits per heavy atom. The Kier molecular flexibility index (Phi) is 11.5. The van der Waals surface area contributed by atoms with Gasteiger partial charge in [-0.2, -0.15) is 0 Å². The number of methoxy groups -OCH3 is 1. The van der Waals surface area contributed by atoms with Crippen molar-refractivity contribution in [3.63, 3.8) is 0 Å². The molecule has 3 aliphatic heterocycles. The lowest BCUT2D eigenvalue weighted by Crippen LogP contribution is -2.50. The number of ether oxygens (including phenoxy) is 3. The number of nitrogens with one attached hydrogen (secondary N) is 2. The van der Waals surface area contributed by atoms with Gasteiger partial charge < -0.3 is 34.4 Å². The van der Waals surface area contributed by atoms with Crippen molar-refractivity contribution < 1.29 is 28.9 Å². The van der Waals surface area contributed by atoms with Crippen LogP contribution in [0.3, 0.4) is 0 Å². The number of fused-ring (bicyclic) bond motifs is 2. The quantitative estimate of drug-likeness (QED) is 0.342. The second kappa shape index (κ2) is 15.5. The minimum Gasteiger partial charge on any atom is -0.390 e. The molecule has 0 spiro atoms. The van der Waals surface area contributed by atoms with Crippen LogP contribution in [0.2, 0.25) is 0 Å². The molecule has 0 aromatic heterocycles. The molecule has 7 unspecified atom stereocenters. The predicted molar refractivity (Wildman–Crippen MR) is 167 cm³/mol. The number of piperidine rings is 2. The highest BCUT2D eigenvalue weighted by molar-refractivity contribution is 5.79. The van der Waals surface area contributed by atoms with Crippen molar-refractivity contribution in [1.82, 2.24) is 20.4 Å². The lowest BCUT2D eigenvalue weighted by molar-refractivity contribution is -0.141. The minimum atomic E-state index is -0.542. The van der Waals surface area contributed by atoms with E-state index in [1.54, 1.807) is 7.11 Å². The molecule has 2 amide bonds. The summed E-state index contributed by atoms with van der Waals surface area (Å²) in [6.07, 6.45) is 12.6. The zero-order valence-corrected chi connectivity index (χ0v) is 27.0. The lowest BCUT2D eigenvalue weighted by atomic mass is 9.70. The van der Waals surface area contributed by atoms with E-state index in [-0.39, 0.29) is 23.8 Å². The summed E-state index contributed by atoms with van der Waals surface area (Å²) in [7, 11) is 1.77. The number of rotatable bonds is 10. The second-order valence-corrected chi connectivity index (χ2v) is 14.9. The van der Waals surface area contributed by atoms with Gasteiger partial charge in [-0.25, -0.2) is 0 Å². The van der Waals surface area contributed by atoms with E-state index >= 15 is 0 Å². The van der Waals surface area contributed by atoms with Crippen molar-refractivity contribution in [3.05, 3.63) is 0 Å². The molecule has 3 saturated heterocycles. The topological polar surface area (TPSA) is 113 Å². The molecule has 44 heavy (non-hydrogen) atoms. The van der Waals surface area contributed by atoms with Crippen molar-refractivity contribution in [2.75, 3.05) is 66.3 Å². The Morgan fingerprint density at radius 2 is 1.61 bits per heavy atom. The van der Waals surface area contributed by atoms with Gasteiger partial charge in [0.2, 0.25) is 11.8 Å². The van der Waals surface area contributed by atoms with Crippen molar-refractivity contribution in [3.8, 4) is 0 Å². The van der Waals surface area contributed by atoms with E-state index < -0.39 is 6.10 Å². The number of nitrogens with zero attached hydrogens (tertiary/aromatic N) is 2. The molecule has 0 aromatic carbocycles. The number of carbonyl (C=O) groups excluding carboxylic acids is 2. The maximum Gasteiger partial charge on any atom is 0.225 e. The van der Waals surface area contributed by atoms with E-state index in [0.717, 1.165) is 103 Å². The summed E-state index contributed by atoms with van der Waals surface area (Å²) in [5.41, 5.74) is 0. The first kappa shape index (κ1) is 32.6. The van der Waals surface area contributed by atoms with Gasteiger partial charge in [-0.15, -0.1) is 0 Å². The fourth-order valence-electron chi connectivity index (χ4n) is 9.36. The third kappa shape index (κ3) is 8.34. The number of aliphatic hydroxyl groups is 1. The maximum absolute atomic E-state index is 13.2. The fourth-order valence-corrected chi connectivity index (χ4v) is 9.36. The summed E-state index contributed by atoms with van der Waals surface area (Å²) in [5, 5.41) is 17.1. The van der Waals surface area contributed by atoms with Crippen LogP contribution in [0, 0.1) is 35.5 Å². The molecule has 0 bridgehead atoms. The van der Waals surface area contributed by atoms with Gasteiger partial charge in [-0.1, -0.05) is 0 Å². The first-order valence-corrected chi connectivity index (χ1v) is 17.9. The van der Waals surface area contributed by atoms with Gasteiger partial charge in [0.05, 0.1) is 37.8 Å². The average Bonchev–Trinajstić information content (AvgIpc) is 3.59. The summed E-state index contributed by atoms with van der Waals surface area (Å²) < 4.78 is 17.3.